The summed E-state index contributed by atoms with van der Waals surface area (Å²) in [5.74, 6) is -2.05. The summed E-state index contributed by atoms with van der Waals surface area (Å²) in [5, 5.41) is 33.0. The fourth-order valence-electron chi connectivity index (χ4n) is 2.41. The fraction of sp³-hybridized carbons (Fsp3) is 0.0556. The molecule has 0 fully saturated rings. The van der Waals surface area contributed by atoms with E-state index in [1.165, 1.54) is 18.3 Å². The second-order valence-electron chi connectivity index (χ2n) is 5.40. The van der Waals surface area contributed by atoms with Crippen molar-refractivity contribution in [2.24, 2.45) is 5.10 Å². The van der Waals surface area contributed by atoms with Crippen LogP contribution in [0.4, 0.5) is 0 Å². The quantitative estimate of drug-likeness (QED) is 0.333. The molecule has 0 bridgehead atoms. The molecule has 7 heteroatoms. The molecule has 0 radical (unpaired) electrons. The Bertz CT molecular complexity index is 999. The van der Waals surface area contributed by atoms with E-state index in [1.54, 1.807) is 19.1 Å². The van der Waals surface area contributed by atoms with Gasteiger partial charge in [-0.15, -0.1) is 0 Å². The van der Waals surface area contributed by atoms with Crippen molar-refractivity contribution >= 4 is 23.0 Å². The van der Waals surface area contributed by atoms with Crippen LogP contribution in [0.5, 0.6) is 17.2 Å². The van der Waals surface area contributed by atoms with Crippen molar-refractivity contribution in [1.29, 1.82) is 0 Å². The van der Waals surface area contributed by atoms with Crippen LogP contribution in [0.2, 0.25) is 0 Å². The lowest BCUT2D eigenvalue weighted by atomic mass is 10.1. The van der Waals surface area contributed by atoms with Crippen LogP contribution in [0.25, 0.3) is 10.9 Å². The molecule has 0 saturated carbocycles. The van der Waals surface area contributed by atoms with Gasteiger partial charge in [0.05, 0.1) is 17.3 Å². The van der Waals surface area contributed by atoms with Gasteiger partial charge in [0.1, 0.15) is 0 Å². The minimum absolute atomic E-state index is 0.145. The average molecular weight is 337 g/mol. The number of aromatic hydroxyl groups is 3. The number of rotatable bonds is 3. The van der Waals surface area contributed by atoms with E-state index in [1.807, 2.05) is 18.2 Å². The maximum Gasteiger partial charge on any atom is 0.272 e. The molecule has 2 aromatic carbocycles. The topological polar surface area (TPSA) is 115 Å². The van der Waals surface area contributed by atoms with Gasteiger partial charge in [-0.3, -0.25) is 9.78 Å². The molecule has 0 aliphatic carbocycles. The molecule has 25 heavy (non-hydrogen) atoms. The van der Waals surface area contributed by atoms with Crippen molar-refractivity contribution in [2.45, 2.75) is 6.92 Å². The summed E-state index contributed by atoms with van der Waals surface area (Å²) in [6.45, 7) is 1.80. The Morgan fingerprint density at radius 2 is 1.88 bits per heavy atom. The fourth-order valence-corrected chi connectivity index (χ4v) is 2.41. The highest BCUT2D eigenvalue weighted by Gasteiger charge is 2.12. The first-order valence-electron chi connectivity index (χ1n) is 7.41. The minimum atomic E-state index is -0.647. The van der Waals surface area contributed by atoms with Gasteiger partial charge in [0, 0.05) is 16.6 Å². The molecule has 1 heterocycles. The van der Waals surface area contributed by atoms with Gasteiger partial charge < -0.3 is 15.3 Å². The van der Waals surface area contributed by atoms with E-state index >= 15 is 0 Å². The van der Waals surface area contributed by atoms with Gasteiger partial charge >= 0.3 is 0 Å². The summed E-state index contributed by atoms with van der Waals surface area (Å²) in [6.07, 6.45) is 1.17. The maximum absolute atomic E-state index is 12.4. The Morgan fingerprint density at radius 3 is 2.68 bits per heavy atom. The van der Waals surface area contributed by atoms with Crippen molar-refractivity contribution in [3.05, 3.63) is 59.3 Å². The second kappa shape index (κ2) is 6.48. The van der Waals surface area contributed by atoms with Crippen molar-refractivity contribution < 1.29 is 20.1 Å². The molecule has 0 atom stereocenters. The van der Waals surface area contributed by atoms with Gasteiger partial charge in [0.2, 0.25) is 5.75 Å². The maximum atomic E-state index is 12.4. The molecule has 7 nitrogen and oxygen atoms in total. The Hall–Kier alpha value is -3.61. The lowest BCUT2D eigenvalue weighted by Gasteiger charge is -2.06. The first-order chi connectivity index (χ1) is 12.0. The zero-order chi connectivity index (χ0) is 18.0. The number of hydrazone groups is 1. The van der Waals surface area contributed by atoms with Crippen LogP contribution in [0.1, 0.15) is 21.6 Å². The number of benzene rings is 2. The molecule has 0 spiro atoms. The van der Waals surface area contributed by atoms with Gasteiger partial charge in [0.25, 0.3) is 5.91 Å². The van der Waals surface area contributed by atoms with Crippen LogP contribution >= 0.6 is 0 Å². The minimum Gasteiger partial charge on any atom is -0.504 e. The second-order valence-corrected chi connectivity index (χ2v) is 5.40. The number of para-hydroxylation sites is 1. The van der Waals surface area contributed by atoms with Crippen LogP contribution in [0.3, 0.4) is 0 Å². The normalized spacial score (nSPS) is 11.1. The number of nitrogens with zero attached hydrogens (tertiary/aromatic N) is 2. The third-order valence-electron chi connectivity index (χ3n) is 3.62. The molecule has 4 N–H and O–H groups in total. The van der Waals surface area contributed by atoms with Crippen LogP contribution in [0.15, 0.2) is 47.6 Å². The zero-order valence-corrected chi connectivity index (χ0v) is 13.3. The highest BCUT2D eigenvalue weighted by Crippen LogP contribution is 2.36. The molecule has 1 amide bonds. The van der Waals surface area contributed by atoms with Gasteiger partial charge in [-0.1, -0.05) is 18.2 Å². The molecule has 1 aromatic heterocycles. The van der Waals surface area contributed by atoms with E-state index in [9.17, 15) is 20.1 Å². The molecule has 3 aromatic rings. The number of aromatic nitrogens is 1. The molecule has 0 aliphatic heterocycles. The van der Waals surface area contributed by atoms with Crippen LogP contribution in [0, 0.1) is 6.92 Å². The summed E-state index contributed by atoms with van der Waals surface area (Å²) in [7, 11) is 0. The molecule has 0 unspecified atom stereocenters. The first-order valence-corrected chi connectivity index (χ1v) is 7.41. The summed E-state index contributed by atoms with van der Waals surface area (Å²) in [4.78, 5) is 16.8. The summed E-state index contributed by atoms with van der Waals surface area (Å²) >= 11 is 0. The van der Waals surface area contributed by atoms with Crippen LogP contribution < -0.4 is 5.43 Å². The predicted octanol–water partition coefficient (Wildman–Crippen LogP) is 2.42. The number of phenols is 3. The number of carbonyl (C=O) groups is 1. The number of nitrogens with one attached hydrogen (secondary N) is 1. The number of fused-ring (bicyclic) bond motifs is 1. The first kappa shape index (κ1) is 16.3. The molecule has 126 valence electrons. The zero-order valence-electron chi connectivity index (χ0n) is 13.3. The summed E-state index contributed by atoms with van der Waals surface area (Å²) in [5.41, 5.74) is 4.36. The smallest absolute Gasteiger partial charge is 0.272 e. The standard InChI is InChI=1S/C18H15N3O4/c1-10-8-13(12-4-2-3-5-14(12)20-10)18(25)21-19-9-11-6-7-15(22)17(24)16(11)23/h2-9,22-24H,1H3,(H,21,25)/b19-9+. The molecular weight excluding hydrogens is 322 g/mol. The van der Waals surface area contributed by atoms with E-state index < -0.39 is 23.2 Å². The van der Waals surface area contributed by atoms with Gasteiger partial charge in [-0.2, -0.15) is 5.10 Å². The average Bonchev–Trinajstić information content (AvgIpc) is 2.60. The summed E-state index contributed by atoms with van der Waals surface area (Å²) < 4.78 is 0. The Morgan fingerprint density at radius 1 is 1.12 bits per heavy atom. The van der Waals surface area contributed by atoms with Crippen LogP contribution in [-0.4, -0.2) is 32.4 Å². The monoisotopic (exact) mass is 337 g/mol. The van der Waals surface area contributed by atoms with E-state index in [0.29, 0.717) is 22.2 Å². The SMILES string of the molecule is Cc1cc(C(=O)N/N=C/c2ccc(O)c(O)c2O)c2ccccc2n1. The number of amides is 1. The molecule has 0 aliphatic rings. The van der Waals surface area contributed by atoms with Gasteiger partial charge in [-0.05, 0) is 31.2 Å². The molecule has 3 rings (SSSR count). The van der Waals surface area contributed by atoms with Gasteiger partial charge in [-0.25, -0.2) is 5.43 Å². The number of aryl methyl sites for hydroxylation is 1. The number of hydrogen-bond acceptors (Lipinski definition) is 6. The number of phenolic OH excluding ortho intramolecular Hbond substituents is 3. The van der Waals surface area contributed by atoms with Crippen LogP contribution in [-0.2, 0) is 0 Å². The van der Waals surface area contributed by atoms with Crippen molar-refractivity contribution in [3.63, 3.8) is 0 Å². The van der Waals surface area contributed by atoms with Crippen molar-refractivity contribution in [2.75, 3.05) is 0 Å². The third-order valence-corrected chi connectivity index (χ3v) is 3.62. The number of carbonyl (C=O) groups excluding carboxylic acids is 1. The third kappa shape index (κ3) is 3.20. The van der Waals surface area contributed by atoms with E-state index in [0.717, 1.165) is 0 Å². The van der Waals surface area contributed by atoms with Gasteiger partial charge in [0.15, 0.2) is 11.5 Å². The lowest BCUT2D eigenvalue weighted by Crippen LogP contribution is -2.18. The largest absolute Gasteiger partial charge is 0.504 e. The van der Waals surface area contributed by atoms with E-state index in [4.69, 9.17) is 0 Å². The van der Waals surface area contributed by atoms with Crippen molar-refractivity contribution in [1.82, 2.24) is 10.4 Å². The lowest BCUT2D eigenvalue weighted by molar-refractivity contribution is 0.0956. The molecule has 0 saturated heterocycles. The van der Waals surface area contributed by atoms with E-state index in [-0.39, 0.29) is 5.56 Å². The summed E-state index contributed by atoms with van der Waals surface area (Å²) in [6, 6.07) is 11.5. The number of pyridine rings is 1. The molecular formula is C18H15N3O4. The highest BCUT2D eigenvalue weighted by atomic mass is 16.3. The Balaban J connectivity index is 1.85. The number of hydrogen-bond donors (Lipinski definition) is 4. The Kier molecular flexibility index (Phi) is 4.21. The Labute approximate surface area is 142 Å². The van der Waals surface area contributed by atoms with Crippen molar-refractivity contribution in [3.8, 4) is 17.2 Å². The highest BCUT2D eigenvalue weighted by molar-refractivity contribution is 6.06. The predicted molar refractivity (Wildman–Crippen MR) is 93.0 cm³/mol. The van der Waals surface area contributed by atoms with E-state index in [2.05, 4.69) is 15.5 Å².